The Labute approximate surface area is 260 Å². The summed E-state index contributed by atoms with van der Waals surface area (Å²) in [5.74, 6) is -1.41. The molecule has 1 heterocycles. The molecule has 0 spiro atoms. The number of nitrogens with zero attached hydrogens (tertiary/aromatic N) is 1. The number of carbonyl (C=O) groups is 2. The van der Waals surface area contributed by atoms with E-state index < -0.39 is 11.9 Å². The molecular weight excluding hydrogens is 556 g/mol. The molecule has 0 amide bonds. The van der Waals surface area contributed by atoms with Crippen molar-refractivity contribution in [2.75, 3.05) is 11.5 Å². The van der Waals surface area contributed by atoms with E-state index in [0.29, 0.717) is 11.5 Å². The van der Waals surface area contributed by atoms with Crippen LogP contribution in [0, 0.1) is 0 Å². The molecule has 0 aliphatic heterocycles. The molecule has 0 radical (unpaired) electrons. The first-order valence-corrected chi connectivity index (χ1v) is 12.8. The predicted octanol–water partition coefficient (Wildman–Crippen LogP) is -2.08. The number of rotatable bonds is 11. The fourth-order valence-electron chi connectivity index (χ4n) is 2.93. The largest absolute Gasteiger partial charge is 1.00 e. The minimum atomic E-state index is -1.09. The molecule has 0 N–H and O–H groups in total. The van der Waals surface area contributed by atoms with E-state index in [-0.39, 0.29) is 76.5 Å². The second kappa shape index (κ2) is 16.5. The number of benzene rings is 2. The van der Waals surface area contributed by atoms with Crippen molar-refractivity contribution in [2.45, 2.75) is 17.4 Å². The Bertz CT molecular complexity index is 1130. The van der Waals surface area contributed by atoms with E-state index in [2.05, 4.69) is 20.9 Å². The first-order valence-electron chi connectivity index (χ1n) is 9.88. The Kier molecular flexibility index (Phi) is 15.4. The number of fused-ring (bicyclic) bond motifs is 1. The number of carbonyl (C=O) groups excluding carboxylic acids is 2. The molecule has 5 nitrogen and oxygen atoms in total. The van der Waals surface area contributed by atoms with Gasteiger partial charge in [-0.25, -0.2) is 4.98 Å². The van der Waals surface area contributed by atoms with Gasteiger partial charge in [-0.3, -0.25) is 0 Å². The topological polar surface area (TPSA) is 93.1 Å². The molecule has 10 heteroatoms. The van der Waals surface area contributed by atoms with Crippen LogP contribution in [0.2, 0.25) is 0 Å². The number of halogens is 1. The van der Waals surface area contributed by atoms with E-state index in [1.807, 2.05) is 66.7 Å². The molecule has 0 aliphatic carbocycles. The van der Waals surface area contributed by atoms with Gasteiger partial charge in [0, 0.05) is 21.8 Å². The van der Waals surface area contributed by atoms with E-state index in [4.69, 9.17) is 0 Å². The molecule has 0 atom stereocenters. The molecule has 0 unspecified atom stereocenters. The van der Waals surface area contributed by atoms with Crippen LogP contribution in [0.3, 0.4) is 0 Å². The smallest absolute Gasteiger partial charge is 0.550 e. The van der Waals surface area contributed by atoms with Gasteiger partial charge in [-0.15, -0.1) is 23.5 Å². The second-order valence-electron chi connectivity index (χ2n) is 6.89. The van der Waals surface area contributed by atoms with Crippen molar-refractivity contribution >= 4 is 74.4 Å². The molecule has 0 saturated heterocycles. The minimum absolute atomic E-state index is 0. The maximum Gasteiger partial charge on any atom is 1.00 e. The van der Waals surface area contributed by atoms with Crippen molar-refractivity contribution < 1.29 is 78.9 Å². The molecule has 0 aliphatic rings. The summed E-state index contributed by atoms with van der Waals surface area (Å²) in [7, 11) is 0. The van der Waals surface area contributed by atoms with Crippen molar-refractivity contribution in [2.24, 2.45) is 0 Å². The van der Waals surface area contributed by atoms with Gasteiger partial charge < -0.3 is 19.8 Å². The van der Waals surface area contributed by atoms with Crippen LogP contribution in [0.4, 0.5) is 0 Å². The number of aliphatic carboxylic acids is 2. The van der Waals surface area contributed by atoms with E-state index >= 15 is 0 Å². The number of hydrogen-bond acceptors (Lipinski definition) is 7. The second-order valence-corrected chi connectivity index (χ2v) is 10.5. The summed E-state index contributed by atoms with van der Waals surface area (Å²) in [6.45, 7) is 0. The average Bonchev–Trinajstić information content (AvgIpc) is 2.76. The zero-order valence-electron chi connectivity index (χ0n) is 19.0. The van der Waals surface area contributed by atoms with E-state index in [1.165, 1.54) is 23.5 Å². The van der Waals surface area contributed by atoms with Crippen LogP contribution < -0.4 is 69.3 Å². The number of pyridine rings is 1. The summed E-state index contributed by atoms with van der Waals surface area (Å²) in [4.78, 5) is 26.2. The Morgan fingerprint density at radius 2 is 1.56 bits per heavy atom. The molecule has 34 heavy (non-hydrogen) atoms. The molecule has 3 aromatic rings. The number of thioether (sulfide) groups is 2. The van der Waals surface area contributed by atoms with Crippen molar-refractivity contribution in [3.8, 4) is 0 Å². The summed E-state index contributed by atoms with van der Waals surface area (Å²) < 4.78 is 0.892. The average molecular weight is 576 g/mol. The molecular formula is C24H20BrNNa2O4S2. The van der Waals surface area contributed by atoms with Crippen molar-refractivity contribution in [1.82, 2.24) is 4.98 Å². The standard InChI is InChI=1S/C24H22BrNO4S2.2Na/c25-19-7-5-17-6-9-20(26-21(17)15-19)8-4-16-2-1-3-18(14-16)24(31-12-10-22(27)28)32-13-11-23(29)30;;/h1-9,14-15,24H,10-13H2,(H,27,28)(H,29,30);;/q;2*+1/p-2. The van der Waals surface area contributed by atoms with Crippen LogP contribution >= 0.6 is 39.5 Å². The first-order chi connectivity index (χ1) is 15.4. The molecule has 1 aromatic heterocycles. The van der Waals surface area contributed by atoms with Crippen LogP contribution in [-0.4, -0.2) is 28.4 Å². The molecule has 0 saturated carbocycles. The molecule has 0 fully saturated rings. The maximum atomic E-state index is 10.8. The number of aromatic nitrogens is 1. The van der Waals surface area contributed by atoms with Crippen molar-refractivity contribution in [3.63, 3.8) is 0 Å². The summed E-state index contributed by atoms with van der Waals surface area (Å²) in [6, 6.07) is 17.9. The third-order valence-corrected chi connectivity index (χ3v) is 7.80. The summed E-state index contributed by atoms with van der Waals surface area (Å²) in [5.41, 5.74) is 3.71. The van der Waals surface area contributed by atoms with E-state index in [9.17, 15) is 19.8 Å². The fraction of sp³-hybridized carbons (Fsp3) is 0.208. The van der Waals surface area contributed by atoms with Crippen molar-refractivity contribution in [3.05, 3.63) is 75.9 Å². The Morgan fingerprint density at radius 1 is 0.912 bits per heavy atom. The van der Waals surface area contributed by atoms with Crippen LogP contribution in [0.5, 0.6) is 0 Å². The Balaban J connectivity index is 0.00000289. The third kappa shape index (κ3) is 10.8. The summed E-state index contributed by atoms with van der Waals surface area (Å²) in [5, 5.41) is 22.6. The monoisotopic (exact) mass is 575 g/mol. The first kappa shape index (κ1) is 31.7. The maximum absolute atomic E-state index is 10.8. The van der Waals surface area contributed by atoms with Crippen LogP contribution in [0.1, 0.15) is 34.2 Å². The number of carboxylic acid groups (broad SMARTS) is 2. The van der Waals surface area contributed by atoms with Crippen LogP contribution in [0.15, 0.2) is 59.1 Å². The number of carboxylic acids is 2. The SMILES string of the molecule is O=C([O-])CCSC(SCCC(=O)[O-])c1cccc(C=Cc2ccc3ccc(Br)cc3n2)c1.[Na+].[Na+]. The van der Waals surface area contributed by atoms with Crippen molar-refractivity contribution in [1.29, 1.82) is 0 Å². The third-order valence-electron chi connectivity index (χ3n) is 4.46. The minimum Gasteiger partial charge on any atom is -0.550 e. The number of hydrogen-bond donors (Lipinski definition) is 0. The van der Waals surface area contributed by atoms with Crippen LogP contribution in [-0.2, 0) is 9.59 Å². The quantitative estimate of drug-likeness (QED) is 0.191. The zero-order valence-corrected chi connectivity index (χ0v) is 26.3. The van der Waals surface area contributed by atoms with Gasteiger partial charge >= 0.3 is 59.1 Å². The normalized spacial score (nSPS) is 10.8. The van der Waals surface area contributed by atoms with Gasteiger partial charge in [0.2, 0.25) is 0 Å². The molecule has 166 valence electrons. The molecule has 0 bridgehead atoms. The van der Waals surface area contributed by atoms with Gasteiger partial charge in [-0.1, -0.05) is 52.3 Å². The molecule has 3 rings (SSSR count). The zero-order chi connectivity index (χ0) is 22.9. The van der Waals surface area contributed by atoms with Gasteiger partial charge in [-0.2, -0.15) is 0 Å². The molecule has 2 aromatic carbocycles. The Morgan fingerprint density at radius 3 is 2.21 bits per heavy atom. The van der Waals surface area contributed by atoms with Gasteiger partial charge in [0.1, 0.15) is 0 Å². The summed E-state index contributed by atoms with van der Waals surface area (Å²) >= 11 is 6.41. The van der Waals surface area contributed by atoms with Gasteiger partial charge in [0.25, 0.3) is 0 Å². The van der Waals surface area contributed by atoms with Gasteiger partial charge in [0.05, 0.1) is 15.8 Å². The van der Waals surface area contributed by atoms with Crippen LogP contribution in [0.25, 0.3) is 23.1 Å². The fourth-order valence-corrected chi connectivity index (χ4v) is 5.92. The van der Waals surface area contributed by atoms with Gasteiger partial charge in [-0.05, 0) is 65.8 Å². The van der Waals surface area contributed by atoms with Gasteiger partial charge in [0.15, 0.2) is 0 Å². The van der Waals surface area contributed by atoms with E-state index in [1.54, 1.807) is 0 Å². The van der Waals surface area contributed by atoms with E-state index in [0.717, 1.165) is 32.2 Å². The predicted molar refractivity (Wildman–Crippen MR) is 132 cm³/mol. The summed E-state index contributed by atoms with van der Waals surface area (Å²) in [6.07, 6.45) is 3.82. The Hall–Kier alpha value is -0.290.